The Hall–Kier alpha value is -1.94. The van der Waals surface area contributed by atoms with Gasteiger partial charge in [-0.1, -0.05) is 6.92 Å². The maximum atomic E-state index is 9.21. The molecule has 0 saturated heterocycles. The second-order valence-electron chi connectivity index (χ2n) is 4.01. The molecule has 0 fully saturated rings. The lowest BCUT2D eigenvalue weighted by atomic mass is 10.2. The lowest BCUT2D eigenvalue weighted by Gasteiger charge is -2.09. The van der Waals surface area contributed by atoms with Crippen molar-refractivity contribution in [3.05, 3.63) is 47.4 Å². The van der Waals surface area contributed by atoms with Crippen LogP contribution < -0.4 is 4.74 Å². The molecule has 4 heteroatoms. The monoisotopic (exact) mass is 244 g/mol. The van der Waals surface area contributed by atoms with Crippen LogP contribution in [0.1, 0.15) is 23.9 Å². The van der Waals surface area contributed by atoms with E-state index in [1.54, 1.807) is 12.3 Å². The molecular weight excluding hydrogens is 228 g/mol. The normalized spacial score (nSPS) is 10.4. The predicted molar refractivity (Wildman–Crippen MR) is 68.6 cm³/mol. The van der Waals surface area contributed by atoms with Crippen molar-refractivity contribution < 1.29 is 9.84 Å². The number of aromatic nitrogens is 2. The molecule has 0 aliphatic heterocycles. The molecule has 0 radical (unpaired) electrons. The van der Waals surface area contributed by atoms with Crippen LogP contribution in [0.2, 0.25) is 0 Å². The topological polar surface area (TPSA) is 55.2 Å². The first kappa shape index (κ1) is 12.5. The van der Waals surface area contributed by atoms with Crippen LogP contribution in [0.3, 0.4) is 0 Å². The molecule has 2 aromatic heterocycles. The van der Waals surface area contributed by atoms with Crippen molar-refractivity contribution in [1.82, 2.24) is 9.97 Å². The number of aliphatic hydroxyl groups excluding tert-OH is 1. The molecule has 94 valence electrons. The van der Waals surface area contributed by atoms with Gasteiger partial charge >= 0.3 is 0 Å². The maximum absolute atomic E-state index is 9.21. The SMILES string of the molecule is CCc1cc(CO)cc(Oc2cccnc2C)n1. The summed E-state index contributed by atoms with van der Waals surface area (Å²) in [5.74, 6) is 1.18. The van der Waals surface area contributed by atoms with Crippen molar-refractivity contribution in [3.63, 3.8) is 0 Å². The third-order valence-corrected chi connectivity index (χ3v) is 2.63. The van der Waals surface area contributed by atoms with Gasteiger partial charge in [-0.05, 0) is 37.1 Å². The zero-order chi connectivity index (χ0) is 13.0. The van der Waals surface area contributed by atoms with Crippen LogP contribution in [0.4, 0.5) is 0 Å². The van der Waals surface area contributed by atoms with E-state index >= 15 is 0 Å². The number of ether oxygens (including phenoxy) is 1. The number of nitrogens with zero attached hydrogens (tertiary/aromatic N) is 2. The van der Waals surface area contributed by atoms with Gasteiger partial charge in [-0.25, -0.2) is 4.98 Å². The first-order valence-electron chi connectivity index (χ1n) is 5.93. The summed E-state index contributed by atoms with van der Waals surface area (Å²) in [4.78, 5) is 8.53. The van der Waals surface area contributed by atoms with E-state index in [1.165, 1.54) is 0 Å². The van der Waals surface area contributed by atoms with E-state index in [2.05, 4.69) is 9.97 Å². The molecule has 0 spiro atoms. The fourth-order valence-electron chi connectivity index (χ4n) is 1.64. The Morgan fingerprint density at radius 2 is 2.17 bits per heavy atom. The molecule has 0 unspecified atom stereocenters. The van der Waals surface area contributed by atoms with Gasteiger partial charge < -0.3 is 9.84 Å². The van der Waals surface area contributed by atoms with Crippen LogP contribution in [-0.2, 0) is 13.0 Å². The summed E-state index contributed by atoms with van der Waals surface area (Å²) in [6.07, 6.45) is 2.52. The molecule has 2 rings (SSSR count). The minimum Gasteiger partial charge on any atom is -0.437 e. The molecule has 1 N–H and O–H groups in total. The van der Waals surface area contributed by atoms with Crippen LogP contribution in [-0.4, -0.2) is 15.1 Å². The molecule has 2 heterocycles. The predicted octanol–water partition coefficient (Wildman–Crippen LogP) is 2.63. The molecule has 2 aromatic rings. The Morgan fingerprint density at radius 1 is 1.33 bits per heavy atom. The van der Waals surface area contributed by atoms with Crippen molar-refractivity contribution >= 4 is 0 Å². The standard InChI is InChI=1S/C14H16N2O2/c1-3-12-7-11(9-17)8-14(16-12)18-13-5-4-6-15-10(13)2/h4-8,17H,3,9H2,1-2H3. The Bertz CT molecular complexity index is 519. The fourth-order valence-corrected chi connectivity index (χ4v) is 1.64. The molecule has 0 atom stereocenters. The third-order valence-electron chi connectivity index (χ3n) is 2.63. The zero-order valence-electron chi connectivity index (χ0n) is 10.6. The van der Waals surface area contributed by atoms with Crippen molar-refractivity contribution in [1.29, 1.82) is 0 Å². The Balaban J connectivity index is 2.31. The maximum Gasteiger partial charge on any atom is 0.219 e. The largest absolute Gasteiger partial charge is 0.437 e. The highest BCUT2D eigenvalue weighted by molar-refractivity contribution is 5.32. The highest BCUT2D eigenvalue weighted by Gasteiger charge is 2.06. The molecule has 0 amide bonds. The summed E-state index contributed by atoms with van der Waals surface area (Å²) >= 11 is 0. The second kappa shape index (κ2) is 5.60. The van der Waals surface area contributed by atoms with Gasteiger partial charge in [-0.2, -0.15) is 0 Å². The summed E-state index contributed by atoms with van der Waals surface area (Å²) in [6.45, 7) is 3.88. The van der Waals surface area contributed by atoms with E-state index in [9.17, 15) is 5.11 Å². The van der Waals surface area contributed by atoms with E-state index in [0.29, 0.717) is 11.6 Å². The summed E-state index contributed by atoms with van der Waals surface area (Å²) in [6, 6.07) is 7.29. The first-order chi connectivity index (χ1) is 8.72. The minimum absolute atomic E-state index is 0.0160. The molecule has 0 aliphatic carbocycles. The van der Waals surface area contributed by atoms with E-state index in [4.69, 9.17) is 4.74 Å². The van der Waals surface area contributed by atoms with E-state index in [1.807, 2.05) is 32.0 Å². The summed E-state index contributed by atoms with van der Waals surface area (Å²) < 4.78 is 5.71. The van der Waals surface area contributed by atoms with Gasteiger partial charge in [0.25, 0.3) is 0 Å². The molecular formula is C14H16N2O2. The highest BCUT2D eigenvalue weighted by Crippen LogP contribution is 2.23. The number of pyridine rings is 2. The average Bonchev–Trinajstić information content (AvgIpc) is 2.41. The van der Waals surface area contributed by atoms with Crippen molar-refractivity contribution in [2.75, 3.05) is 0 Å². The number of hydrogen-bond acceptors (Lipinski definition) is 4. The summed E-state index contributed by atoms with van der Waals surface area (Å²) in [7, 11) is 0. The van der Waals surface area contributed by atoms with Crippen LogP contribution in [0.15, 0.2) is 30.5 Å². The number of hydrogen-bond donors (Lipinski definition) is 1. The molecule has 0 aromatic carbocycles. The van der Waals surface area contributed by atoms with Gasteiger partial charge in [0.2, 0.25) is 5.88 Å². The Labute approximate surface area is 106 Å². The van der Waals surface area contributed by atoms with Crippen molar-refractivity contribution in [3.8, 4) is 11.6 Å². The Kier molecular flexibility index (Phi) is 3.89. The third kappa shape index (κ3) is 2.84. The lowest BCUT2D eigenvalue weighted by Crippen LogP contribution is -1.97. The van der Waals surface area contributed by atoms with Gasteiger partial charge in [-0.15, -0.1) is 0 Å². The zero-order valence-corrected chi connectivity index (χ0v) is 10.6. The second-order valence-corrected chi connectivity index (χ2v) is 4.01. The van der Waals surface area contributed by atoms with E-state index in [0.717, 1.165) is 23.4 Å². The number of aliphatic hydroxyl groups is 1. The highest BCUT2D eigenvalue weighted by atomic mass is 16.5. The molecule has 4 nitrogen and oxygen atoms in total. The molecule has 0 aliphatic rings. The summed E-state index contributed by atoms with van der Waals surface area (Å²) in [5, 5.41) is 9.21. The molecule has 0 bridgehead atoms. The van der Waals surface area contributed by atoms with E-state index in [-0.39, 0.29) is 6.61 Å². The van der Waals surface area contributed by atoms with Crippen LogP contribution >= 0.6 is 0 Å². The Morgan fingerprint density at radius 3 is 2.83 bits per heavy atom. The van der Waals surface area contributed by atoms with Gasteiger partial charge in [-0.3, -0.25) is 4.98 Å². The van der Waals surface area contributed by atoms with Gasteiger partial charge in [0, 0.05) is 18.0 Å². The fraction of sp³-hybridized carbons (Fsp3) is 0.286. The number of rotatable bonds is 4. The quantitative estimate of drug-likeness (QED) is 0.898. The smallest absolute Gasteiger partial charge is 0.219 e. The van der Waals surface area contributed by atoms with Gasteiger partial charge in [0.05, 0.1) is 12.3 Å². The first-order valence-corrected chi connectivity index (χ1v) is 5.93. The lowest BCUT2D eigenvalue weighted by molar-refractivity contribution is 0.281. The molecule has 18 heavy (non-hydrogen) atoms. The van der Waals surface area contributed by atoms with Gasteiger partial charge in [0.1, 0.15) is 0 Å². The van der Waals surface area contributed by atoms with Gasteiger partial charge in [0.15, 0.2) is 5.75 Å². The van der Waals surface area contributed by atoms with Crippen molar-refractivity contribution in [2.24, 2.45) is 0 Å². The summed E-state index contributed by atoms with van der Waals surface area (Å²) in [5.41, 5.74) is 2.52. The van der Waals surface area contributed by atoms with Crippen LogP contribution in [0, 0.1) is 6.92 Å². The van der Waals surface area contributed by atoms with Crippen molar-refractivity contribution in [2.45, 2.75) is 26.9 Å². The average molecular weight is 244 g/mol. The van der Waals surface area contributed by atoms with E-state index < -0.39 is 0 Å². The van der Waals surface area contributed by atoms with Crippen LogP contribution in [0.25, 0.3) is 0 Å². The minimum atomic E-state index is -0.0160. The van der Waals surface area contributed by atoms with Crippen LogP contribution in [0.5, 0.6) is 11.6 Å². The molecule has 0 saturated carbocycles. The number of aryl methyl sites for hydroxylation is 2.